The van der Waals surface area contributed by atoms with Crippen LogP contribution in [0.1, 0.15) is 36.2 Å². The van der Waals surface area contributed by atoms with Crippen LogP contribution < -0.4 is 0 Å². The van der Waals surface area contributed by atoms with Crippen molar-refractivity contribution in [2.24, 2.45) is 11.8 Å². The fourth-order valence-corrected chi connectivity index (χ4v) is 4.91. The zero-order valence-corrected chi connectivity index (χ0v) is 16.2. The molecule has 0 aliphatic heterocycles. The largest absolute Gasteiger partial charge is 0.507 e. The lowest BCUT2D eigenvalue weighted by atomic mass is 10.0. The molecule has 1 amide bonds. The van der Waals surface area contributed by atoms with E-state index in [4.69, 9.17) is 0 Å². The van der Waals surface area contributed by atoms with Crippen molar-refractivity contribution in [3.05, 3.63) is 36.0 Å². The first-order valence-corrected chi connectivity index (χ1v) is 9.71. The number of rotatable bonds is 4. The van der Waals surface area contributed by atoms with Gasteiger partial charge in [-0.05, 0) is 69.8 Å². The standard InChI is InChI=1S/C21H28N4O2/c1-24(2)15-8-13-10-16(11-14(13)9-15)25(3)21(27)19-12-18(22-23-19)17-6-4-5-7-20(17)26/h4-7,12-16,26H,8-11H2,1-3H3,(H,22,23)/t13-,14+,15?,16?. The van der Waals surface area contributed by atoms with E-state index in [9.17, 15) is 9.90 Å². The Balaban J connectivity index is 1.43. The first-order chi connectivity index (χ1) is 12.9. The molecule has 2 aliphatic carbocycles. The van der Waals surface area contributed by atoms with E-state index in [0.29, 0.717) is 29.0 Å². The SMILES string of the molecule is CN(C)C1C[C@@H]2CC(N(C)C(=O)c3cc(-c4ccccc4O)n[nH]3)C[C@@H]2C1. The number of nitrogens with zero attached hydrogens (tertiary/aromatic N) is 3. The minimum absolute atomic E-state index is 0.0293. The van der Waals surface area contributed by atoms with Crippen LogP contribution >= 0.6 is 0 Å². The van der Waals surface area contributed by atoms with E-state index < -0.39 is 0 Å². The third kappa shape index (κ3) is 3.34. The van der Waals surface area contributed by atoms with Crippen LogP contribution in [0, 0.1) is 11.8 Å². The molecule has 144 valence electrons. The van der Waals surface area contributed by atoms with Gasteiger partial charge in [0.25, 0.3) is 5.91 Å². The van der Waals surface area contributed by atoms with Gasteiger partial charge in [0.2, 0.25) is 0 Å². The van der Waals surface area contributed by atoms with E-state index in [2.05, 4.69) is 29.2 Å². The molecule has 1 heterocycles. The van der Waals surface area contributed by atoms with Crippen LogP contribution in [0.25, 0.3) is 11.3 Å². The molecular formula is C21H28N4O2. The van der Waals surface area contributed by atoms with E-state index >= 15 is 0 Å². The lowest BCUT2D eigenvalue weighted by Gasteiger charge is -2.26. The first kappa shape index (κ1) is 18.0. The lowest BCUT2D eigenvalue weighted by Crippen LogP contribution is -2.36. The molecule has 6 heteroatoms. The molecule has 2 aromatic rings. The Labute approximate surface area is 160 Å². The van der Waals surface area contributed by atoms with Gasteiger partial charge in [-0.15, -0.1) is 0 Å². The average molecular weight is 368 g/mol. The van der Waals surface area contributed by atoms with Gasteiger partial charge in [-0.1, -0.05) is 12.1 Å². The Kier molecular flexibility index (Phi) is 4.68. The third-order valence-corrected chi connectivity index (χ3v) is 6.55. The van der Waals surface area contributed by atoms with Crippen LogP contribution in [0.2, 0.25) is 0 Å². The van der Waals surface area contributed by atoms with E-state index in [1.807, 2.05) is 18.0 Å². The molecular weight excluding hydrogens is 340 g/mol. The Morgan fingerprint density at radius 3 is 2.33 bits per heavy atom. The van der Waals surface area contributed by atoms with Crippen molar-refractivity contribution in [3.8, 4) is 17.0 Å². The number of carbonyl (C=O) groups excluding carboxylic acids is 1. The number of amides is 1. The number of para-hydroxylation sites is 1. The van der Waals surface area contributed by atoms with Crippen molar-refractivity contribution in [1.82, 2.24) is 20.0 Å². The monoisotopic (exact) mass is 368 g/mol. The van der Waals surface area contributed by atoms with Gasteiger partial charge >= 0.3 is 0 Å². The number of aromatic amines is 1. The number of phenols is 1. The Hall–Kier alpha value is -2.34. The quantitative estimate of drug-likeness (QED) is 0.870. The summed E-state index contributed by atoms with van der Waals surface area (Å²) in [5.74, 6) is 1.60. The summed E-state index contributed by atoms with van der Waals surface area (Å²) in [6, 6.07) is 9.74. The Morgan fingerprint density at radius 2 is 1.70 bits per heavy atom. The maximum Gasteiger partial charge on any atom is 0.271 e. The maximum atomic E-state index is 12.9. The topological polar surface area (TPSA) is 72.5 Å². The number of H-pyrrole nitrogens is 1. The molecule has 1 aromatic carbocycles. The second-order valence-corrected chi connectivity index (χ2v) is 8.33. The maximum absolute atomic E-state index is 12.9. The fraction of sp³-hybridized carbons (Fsp3) is 0.524. The van der Waals surface area contributed by atoms with Crippen LogP contribution in [0.3, 0.4) is 0 Å². The van der Waals surface area contributed by atoms with Gasteiger partial charge in [0.05, 0.1) is 5.69 Å². The second-order valence-electron chi connectivity index (χ2n) is 8.33. The number of hydrogen-bond donors (Lipinski definition) is 2. The molecule has 1 aromatic heterocycles. The van der Waals surface area contributed by atoms with Crippen LogP contribution in [-0.2, 0) is 0 Å². The van der Waals surface area contributed by atoms with Crippen molar-refractivity contribution in [2.45, 2.75) is 37.8 Å². The smallest absolute Gasteiger partial charge is 0.271 e. The summed E-state index contributed by atoms with van der Waals surface area (Å²) in [6.07, 6.45) is 4.69. The molecule has 4 rings (SSSR count). The number of phenolic OH excluding ortho intramolecular Hbond substituents is 1. The summed E-state index contributed by atoms with van der Waals surface area (Å²) >= 11 is 0. The molecule has 2 fully saturated rings. The Bertz CT molecular complexity index is 817. The molecule has 0 saturated heterocycles. The number of benzene rings is 1. The van der Waals surface area contributed by atoms with Gasteiger partial charge in [0.1, 0.15) is 11.4 Å². The summed E-state index contributed by atoms with van der Waals surface area (Å²) in [5.41, 5.74) is 1.68. The molecule has 2 aliphatic rings. The zero-order chi connectivity index (χ0) is 19.1. The minimum Gasteiger partial charge on any atom is -0.507 e. The average Bonchev–Trinajstić information content (AvgIpc) is 3.35. The van der Waals surface area contributed by atoms with E-state index in [1.54, 1.807) is 24.3 Å². The second kappa shape index (κ2) is 7.00. The molecule has 2 unspecified atom stereocenters. The highest BCUT2D eigenvalue weighted by Crippen LogP contribution is 2.46. The summed E-state index contributed by atoms with van der Waals surface area (Å²) < 4.78 is 0. The van der Waals surface area contributed by atoms with Crippen molar-refractivity contribution < 1.29 is 9.90 Å². The molecule has 2 N–H and O–H groups in total. The molecule has 4 atom stereocenters. The van der Waals surface area contributed by atoms with Gasteiger partial charge in [-0.2, -0.15) is 5.10 Å². The molecule has 2 saturated carbocycles. The van der Waals surface area contributed by atoms with Crippen molar-refractivity contribution in [2.75, 3.05) is 21.1 Å². The van der Waals surface area contributed by atoms with Gasteiger partial charge in [0, 0.05) is 24.7 Å². The van der Waals surface area contributed by atoms with Crippen molar-refractivity contribution >= 4 is 5.91 Å². The number of hydrogen-bond acceptors (Lipinski definition) is 4. The number of carbonyl (C=O) groups is 1. The van der Waals surface area contributed by atoms with E-state index in [0.717, 1.165) is 24.7 Å². The number of nitrogens with one attached hydrogen (secondary N) is 1. The normalized spacial score (nSPS) is 27.1. The highest BCUT2D eigenvalue weighted by atomic mass is 16.3. The molecule has 0 bridgehead atoms. The minimum atomic E-state index is -0.0293. The fourth-order valence-electron chi connectivity index (χ4n) is 4.91. The van der Waals surface area contributed by atoms with Crippen LogP contribution in [0.15, 0.2) is 30.3 Å². The van der Waals surface area contributed by atoms with Gasteiger partial charge < -0.3 is 14.9 Å². The first-order valence-electron chi connectivity index (χ1n) is 9.71. The summed E-state index contributed by atoms with van der Waals surface area (Å²) in [5, 5.41) is 17.1. The molecule has 27 heavy (non-hydrogen) atoms. The number of aromatic nitrogens is 2. The predicted octanol–water partition coefficient (Wildman–Crippen LogP) is 2.97. The van der Waals surface area contributed by atoms with E-state index in [1.165, 1.54) is 12.8 Å². The van der Waals surface area contributed by atoms with Gasteiger partial charge in [-0.3, -0.25) is 9.89 Å². The predicted molar refractivity (Wildman–Crippen MR) is 104 cm³/mol. The van der Waals surface area contributed by atoms with Gasteiger partial charge in [0.15, 0.2) is 0 Å². The van der Waals surface area contributed by atoms with Gasteiger partial charge in [-0.25, -0.2) is 0 Å². The highest BCUT2D eigenvalue weighted by Gasteiger charge is 2.44. The molecule has 0 spiro atoms. The lowest BCUT2D eigenvalue weighted by molar-refractivity contribution is 0.0720. The molecule has 6 nitrogen and oxygen atoms in total. The molecule has 0 radical (unpaired) electrons. The number of fused-ring (bicyclic) bond motifs is 1. The third-order valence-electron chi connectivity index (χ3n) is 6.55. The summed E-state index contributed by atoms with van der Waals surface area (Å²) in [6.45, 7) is 0. The van der Waals surface area contributed by atoms with Crippen LogP contribution in [-0.4, -0.2) is 64.2 Å². The number of aromatic hydroxyl groups is 1. The van der Waals surface area contributed by atoms with Crippen LogP contribution in [0.4, 0.5) is 0 Å². The summed E-state index contributed by atoms with van der Waals surface area (Å²) in [7, 11) is 6.23. The highest BCUT2D eigenvalue weighted by molar-refractivity contribution is 5.93. The Morgan fingerprint density at radius 1 is 1.07 bits per heavy atom. The van der Waals surface area contributed by atoms with E-state index in [-0.39, 0.29) is 11.7 Å². The van der Waals surface area contributed by atoms with Crippen molar-refractivity contribution in [1.29, 1.82) is 0 Å². The van der Waals surface area contributed by atoms with Crippen molar-refractivity contribution in [3.63, 3.8) is 0 Å². The van der Waals surface area contributed by atoms with Crippen LogP contribution in [0.5, 0.6) is 5.75 Å². The zero-order valence-electron chi connectivity index (χ0n) is 16.2. The summed E-state index contributed by atoms with van der Waals surface area (Å²) in [4.78, 5) is 17.2.